The summed E-state index contributed by atoms with van der Waals surface area (Å²) in [6.07, 6.45) is 5.48. The summed E-state index contributed by atoms with van der Waals surface area (Å²) in [4.78, 5) is 16.9. The molecule has 0 N–H and O–H groups in total. The molecule has 5 heteroatoms. The van der Waals surface area contributed by atoms with Gasteiger partial charge in [0.05, 0.1) is 0 Å². The molecule has 0 aliphatic carbocycles. The van der Waals surface area contributed by atoms with E-state index >= 15 is 0 Å². The Morgan fingerprint density at radius 2 is 2.35 bits per heavy atom. The lowest BCUT2D eigenvalue weighted by atomic mass is 10.0. The summed E-state index contributed by atoms with van der Waals surface area (Å²) < 4.78 is 14.2. The number of allylic oxidation sites excluding steroid dienone is 5. The van der Waals surface area contributed by atoms with Gasteiger partial charge in [-0.05, 0) is 30.2 Å². The van der Waals surface area contributed by atoms with Gasteiger partial charge in [-0.2, -0.15) is 0 Å². The van der Waals surface area contributed by atoms with Crippen LogP contribution in [0.4, 0.5) is 10.2 Å². The molecule has 4 nitrogen and oxygen atoms in total. The van der Waals surface area contributed by atoms with Gasteiger partial charge in [0.2, 0.25) is 0 Å². The van der Waals surface area contributed by atoms with E-state index in [1.54, 1.807) is 6.20 Å². The number of anilines is 1. The first-order chi connectivity index (χ1) is 9.58. The summed E-state index contributed by atoms with van der Waals surface area (Å²) in [7, 11) is 1.97. The van der Waals surface area contributed by atoms with Crippen LogP contribution < -0.4 is 4.90 Å². The van der Waals surface area contributed by atoms with Crippen LogP contribution in [0.3, 0.4) is 0 Å². The Kier molecular flexibility index (Phi) is 4.08. The second-order valence-corrected chi connectivity index (χ2v) is 4.69. The second kappa shape index (κ2) is 5.77. The number of rotatable bonds is 4. The van der Waals surface area contributed by atoms with E-state index < -0.39 is 5.83 Å². The van der Waals surface area contributed by atoms with E-state index in [2.05, 4.69) is 21.6 Å². The van der Waals surface area contributed by atoms with Gasteiger partial charge < -0.3 is 4.90 Å². The number of pyridine rings is 1. The van der Waals surface area contributed by atoms with E-state index in [1.165, 1.54) is 19.1 Å². The molecule has 0 saturated heterocycles. The second-order valence-electron chi connectivity index (χ2n) is 4.69. The van der Waals surface area contributed by atoms with Crippen molar-refractivity contribution in [3.05, 3.63) is 58.6 Å². The van der Waals surface area contributed by atoms with Gasteiger partial charge in [-0.15, -0.1) is 4.91 Å². The first kappa shape index (κ1) is 14.1. The minimum atomic E-state index is -0.645. The van der Waals surface area contributed by atoms with Crippen LogP contribution in [0.2, 0.25) is 0 Å². The lowest BCUT2D eigenvalue weighted by molar-refractivity contribution is 0.659. The van der Waals surface area contributed by atoms with Gasteiger partial charge in [0, 0.05) is 30.9 Å². The average molecular weight is 273 g/mol. The number of hydrogen-bond donors (Lipinski definition) is 0. The van der Waals surface area contributed by atoms with E-state index in [1.807, 2.05) is 13.1 Å². The summed E-state index contributed by atoms with van der Waals surface area (Å²) in [5.41, 5.74) is 1.79. The fourth-order valence-electron chi connectivity index (χ4n) is 2.22. The standard InChI is InChI=1S/C15H16FN3O/c1-4-5-13(14(16)10(2)18-20)12-8-11-6-7-19(3)15(11)17-9-12/h4-5,8-9H,1,6-7H2,2-3H3/b13-5-,14-10-. The van der Waals surface area contributed by atoms with Gasteiger partial charge in [0.1, 0.15) is 11.5 Å². The first-order valence-corrected chi connectivity index (χ1v) is 6.31. The number of halogens is 1. The van der Waals surface area contributed by atoms with E-state index in [0.29, 0.717) is 5.56 Å². The van der Waals surface area contributed by atoms with E-state index in [0.717, 1.165) is 24.3 Å². The molecule has 0 spiro atoms. The largest absolute Gasteiger partial charge is 0.359 e. The number of likely N-dealkylation sites (N-methyl/N-ethyl adjacent to an activating group) is 1. The smallest absolute Gasteiger partial charge is 0.155 e. The molecule has 0 aromatic carbocycles. The normalized spacial score (nSPS) is 15.8. The SMILES string of the molecule is C=C/C=C(\C(F)=C(/C)N=O)c1cnc2c(c1)CCN2C. The number of nitrogens with zero attached hydrogens (tertiary/aromatic N) is 3. The highest BCUT2D eigenvalue weighted by molar-refractivity contribution is 5.79. The summed E-state index contributed by atoms with van der Waals surface area (Å²) >= 11 is 0. The molecule has 20 heavy (non-hydrogen) atoms. The quantitative estimate of drug-likeness (QED) is 0.622. The molecular weight excluding hydrogens is 257 g/mol. The number of hydrogen-bond acceptors (Lipinski definition) is 4. The van der Waals surface area contributed by atoms with Crippen LogP contribution in [0.15, 0.2) is 47.7 Å². The van der Waals surface area contributed by atoms with Gasteiger partial charge in [0.15, 0.2) is 5.83 Å². The third-order valence-corrected chi connectivity index (χ3v) is 3.31. The van der Waals surface area contributed by atoms with Crippen molar-refractivity contribution in [1.29, 1.82) is 0 Å². The van der Waals surface area contributed by atoms with Crippen LogP contribution in [-0.4, -0.2) is 18.6 Å². The molecule has 1 aliphatic rings. The topological polar surface area (TPSA) is 45.6 Å². The monoisotopic (exact) mass is 273 g/mol. The number of aromatic nitrogens is 1. The Morgan fingerprint density at radius 3 is 3.00 bits per heavy atom. The van der Waals surface area contributed by atoms with Crippen LogP contribution in [0.5, 0.6) is 0 Å². The third kappa shape index (κ3) is 2.52. The van der Waals surface area contributed by atoms with Crippen LogP contribution in [0.1, 0.15) is 18.1 Å². The summed E-state index contributed by atoms with van der Waals surface area (Å²) in [5.74, 6) is 0.273. The highest BCUT2D eigenvalue weighted by atomic mass is 19.1. The van der Waals surface area contributed by atoms with Crippen LogP contribution in [-0.2, 0) is 6.42 Å². The molecule has 104 valence electrons. The summed E-state index contributed by atoms with van der Waals surface area (Å²) in [6.45, 7) is 5.82. The van der Waals surface area contributed by atoms with Gasteiger partial charge in [-0.1, -0.05) is 18.7 Å². The van der Waals surface area contributed by atoms with Crippen molar-refractivity contribution in [2.45, 2.75) is 13.3 Å². The zero-order valence-corrected chi connectivity index (χ0v) is 11.6. The lowest BCUT2D eigenvalue weighted by Gasteiger charge is -2.11. The molecule has 0 atom stereocenters. The molecule has 0 radical (unpaired) electrons. The van der Waals surface area contributed by atoms with E-state index in [4.69, 9.17) is 0 Å². The minimum absolute atomic E-state index is 0.185. The van der Waals surface area contributed by atoms with E-state index in [-0.39, 0.29) is 11.3 Å². The molecular formula is C15H16FN3O. The maximum absolute atomic E-state index is 14.2. The van der Waals surface area contributed by atoms with Gasteiger partial charge in [0.25, 0.3) is 0 Å². The fourth-order valence-corrected chi connectivity index (χ4v) is 2.22. The van der Waals surface area contributed by atoms with Crippen LogP contribution >= 0.6 is 0 Å². The highest BCUT2D eigenvalue weighted by Gasteiger charge is 2.19. The van der Waals surface area contributed by atoms with Crippen molar-refractivity contribution in [1.82, 2.24) is 4.98 Å². The molecule has 2 heterocycles. The van der Waals surface area contributed by atoms with Crippen molar-refractivity contribution in [2.24, 2.45) is 5.18 Å². The Morgan fingerprint density at radius 1 is 1.60 bits per heavy atom. The fraction of sp³-hybridized carbons (Fsp3) is 0.267. The maximum atomic E-state index is 14.2. The molecule has 0 saturated carbocycles. The van der Waals surface area contributed by atoms with Crippen molar-refractivity contribution >= 4 is 11.4 Å². The van der Waals surface area contributed by atoms with Crippen molar-refractivity contribution < 1.29 is 4.39 Å². The maximum Gasteiger partial charge on any atom is 0.155 e. The number of fused-ring (bicyclic) bond motifs is 1. The molecule has 0 fully saturated rings. The third-order valence-electron chi connectivity index (χ3n) is 3.31. The van der Waals surface area contributed by atoms with Crippen molar-refractivity contribution in [3.8, 4) is 0 Å². The molecule has 0 amide bonds. The van der Waals surface area contributed by atoms with Crippen LogP contribution in [0, 0.1) is 4.91 Å². The number of nitroso groups, excluding NO2 is 1. The molecule has 1 aromatic heterocycles. The predicted octanol–water partition coefficient (Wildman–Crippen LogP) is 3.61. The summed E-state index contributed by atoms with van der Waals surface area (Å²) in [5, 5.41) is 2.65. The van der Waals surface area contributed by atoms with Gasteiger partial charge >= 0.3 is 0 Å². The van der Waals surface area contributed by atoms with Crippen molar-refractivity contribution in [2.75, 3.05) is 18.5 Å². The van der Waals surface area contributed by atoms with Crippen LogP contribution in [0.25, 0.3) is 5.57 Å². The first-order valence-electron chi connectivity index (χ1n) is 6.31. The Labute approximate surface area is 117 Å². The zero-order valence-electron chi connectivity index (χ0n) is 11.6. The van der Waals surface area contributed by atoms with Gasteiger partial charge in [-0.25, -0.2) is 9.37 Å². The summed E-state index contributed by atoms with van der Waals surface area (Å²) in [6, 6.07) is 1.90. The lowest BCUT2D eigenvalue weighted by Crippen LogP contribution is -2.13. The Hall–Kier alpha value is -2.30. The van der Waals surface area contributed by atoms with E-state index in [9.17, 15) is 9.30 Å². The molecule has 0 unspecified atom stereocenters. The molecule has 2 rings (SSSR count). The Bertz CT molecular complexity index is 620. The van der Waals surface area contributed by atoms with Crippen molar-refractivity contribution in [3.63, 3.8) is 0 Å². The zero-order chi connectivity index (χ0) is 14.7. The highest BCUT2D eigenvalue weighted by Crippen LogP contribution is 2.31. The predicted molar refractivity (Wildman–Crippen MR) is 79.0 cm³/mol. The minimum Gasteiger partial charge on any atom is -0.359 e. The Balaban J connectivity index is 2.50. The molecule has 1 aromatic rings. The van der Waals surface area contributed by atoms with Gasteiger partial charge in [-0.3, -0.25) is 0 Å². The molecule has 0 bridgehead atoms. The molecule has 1 aliphatic heterocycles. The average Bonchev–Trinajstić information content (AvgIpc) is 2.84.